The number of rotatable bonds is 42. The van der Waals surface area contributed by atoms with Crippen molar-refractivity contribution in [2.24, 2.45) is 0 Å². The van der Waals surface area contributed by atoms with Crippen molar-refractivity contribution in [3.63, 3.8) is 0 Å². The second kappa shape index (κ2) is 41.7. The molecule has 41 nitrogen and oxygen atoms in total. The molecule has 0 aliphatic rings. The van der Waals surface area contributed by atoms with E-state index >= 15 is 0 Å². The van der Waals surface area contributed by atoms with Crippen molar-refractivity contribution >= 4 is 329 Å². The maximum absolute atomic E-state index is 12.9. The van der Waals surface area contributed by atoms with Crippen molar-refractivity contribution in [2.75, 3.05) is 0 Å². The van der Waals surface area contributed by atoms with Crippen LogP contribution in [-0.4, -0.2) is 329 Å². The van der Waals surface area contributed by atoms with Gasteiger partial charge < -0.3 is 173 Å². The summed E-state index contributed by atoms with van der Waals surface area (Å²) in [6.07, 6.45) is 0. The Morgan fingerprint density at radius 2 is 0.356 bits per heavy atom. The smallest absolute Gasteiger partial charge is 0.457 e. The van der Waals surface area contributed by atoms with Crippen LogP contribution in [-0.2, 0) is 182 Å². The van der Waals surface area contributed by atoms with Crippen LogP contribution in [0, 0.1) is 0 Å². The van der Waals surface area contributed by atoms with E-state index in [4.69, 9.17) is 17.2 Å². The molecule has 1 unspecified atom stereocenters. The summed E-state index contributed by atoms with van der Waals surface area (Å²) in [4.78, 5) is 0. The molecule has 0 spiro atoms. The average molecular weight is 1940 g/mol. The number of hydrogen-bond donors (Lipinski definition) is 0. The zero-order valence-electron chi connectivity index (χ0n) is 45.0. The Morgan fingerprint density at radius 3 is 0.478 bits per heavy atom. The van der Waals surface area contributed by atoms with Crippen LogP contribution in [0.4, 0.5) is 0 Å². The van der Waals surface area contributed by atoms with Gasteiger partial charge in [0.15, 0.2) is 16.6 Å². The molecule has 0 N–H and O–H groups in total. The van der Waals surface area contributed by atoms with Gasteiger partial charge in [-0.2, -0.15) is 0 Å². The highest BCUT2D eigenvalue weighted by molar-refractivity contribution is 7.86. The van der Waals surface area contributed by atoms with Crippen LogP contribution in [0.2, 0.25) is 45.8 Å². The van der Waals surface area contributed by atoms with Gasteiger partial charge >= 0.3 is 295 Å². The van der Waals surface area contributed by atoms with Crippen molar-refractivity contribution < 1.29 is 182 Å². The van der Waals surface area contributed by atoms with Crippen LogP contribution in [0.5, 0.6) is 0 Å². The average Bonchev–Trinajstić information content (AvgIpc) is 1.65. The maximum Gasteiger partial charge on any atom is 0.549 e. The molecule has 0 bridgehead atoms. The summed E-state index contributed by atoms with van der Waals surface area (Å²) in [6, 6.07) is 0. The molecule has 90 heavy (non-hydrogen) atoms. The van der Waals surface area contributed by atoms with E-state index in [1.54, 1.807) is 39.3 Å². The molecule has 0 amide bonds. The first-order valence-corrected chi connectivity index (χ1v) is 124. The van der Waals surface area contributed by atoms with Gasteiger partial charge in [0.1, 0.15) is 0 Å². The second-order valence-corrected chi connectivity index (χ2v) is 216. The molecular weight excluding hydrogens is 1920 g/mol. The molecule has 0 fully saturated rings. The summed E-state index contributed by atoms with van der Waals surface area (Å²) in [7, 11) is -178. The van der Waals surface area contributed by atoms with E-state index in [2.05, 4.69) is 0 Å². The van der Waals surface area contributed by atoms with Crippen LogP contribution in [0.25, 0.3) is 0 Å². The Morgan fingerprint density at radius 1 is 0.233 bits per heavy atom. The molecule has 1 atom stereocenters. The fourth-order valence-corrected chi connectivity index (χ4v) is 470. The Labute approximate surface area is 551 Å². The fraction of sp³-hybridized carbons (Fsp3) is 1.00. The van der Waals surface area contributed by atoms with Gasteiger partial charge in [-0.15, -0.1) is 0 Å². The quantitative estimate of drug-likeness (QED) is 0.0512. The second-order valence-electron chi connectivity index (χ2n) is 17.7. The molecule has 0 radical (unpaired) electrons. The van der Waals surface area contributed by atoms with Gasteiger partial charge in [0, 0.05) is 0 Å². The Hall–Kier alpha value is 1.23. The summed E-state index contributed by atoms with van der Waals surface area (Å²) in [5.41, 5.74) is 0. The lowest BCUT2D eigenvalue weighted by Gasteiger charge is -2.20. The minimum Gasteiger partial charge on any atom is -0.457 e. The van der Waals surface area contributed by atoms with E-state index in [1.807, 2.05) is 0 Å². The lowest BCUT2D eigenvalue weighted by molar-refractivity contribution is 0.497. The predicted molar refractivity (Wildman–Crippen MR) is 316 cm³/mol. The van der Waals surface area contributed by atoms with Gasteiger partial charge in [-0.25, -0.2) is 0 Å². The molecule has 0 rings (SSSR count). The summed E-state index contributed by atoms with van der Waals surface area (Å²) in [5, 5.41) is 0. The third-order valence-corrected chi connectivity index (χ3v) is 320. The summed E-state index contributed by atoms with van der Waals surface area (Å²) >= 11 is 0. The fourth-order valence-electron chi connectivity index (χ4n) is 4.76. The molecule has 0 heterocycles. The topological polar surface area (TPSA) is 684 Å². The molecule has 0 aliphatic carbocycles. The Kier molecular flexibility index (Phi) is 43.2. The maximum atomic E-state index is 12.9. The van der Waals surface area contributed by atoms with E-state index in [-0.39, 0.29) is 0 Å². The van der Waals surface area contributed by atoms with E-state index in [0.717, 1.165) is 0 Å². The molecule has 0 saturated heterocycles. The van der Waals surface area contributed by atoms with Gasteiger partial charge in [0.05, 0.1) is 0 Å². The lowest BCUT2D eigenvalue weighted by Crippen LogP contribution is -2.58. The van der Waals surface area contributed by atoms with E-state index in [9.17, 15) is 165 Å². The highest BCUT2D eigenvalue weighted by Crippen LogP contribution is 2.05. The normalized spacial score (nSPS) is 10.7. The summed E-state index contributed by atoms with van der Waals surface area (Å²) < 4.78 is 500. The van der Waals surface area contributed by atoms with Crippen LogP contribution < -0.4 is 0 Å². The monoisotopic (exact) mass is 1940 g/mol. The van der Waals surface area contributed by atoms with E-state index in [0.29, 0.717) is 0 Å². The lowest BCUT2D eigenvalue weighted by atomic mass is 11.8. The first kappa shape index (κ1) is 93.3. The SMILES string of the molecule is C[SiH](O[Si](C)(C)C)[Si](=O)[Si](=O)[Si](=O)[Si](=O)[Si](=O)[Si](=O)[Si](=O)[Si](=O)[Si](=O)[Si](=O)[Si](=O)[Si](=O)[Si](=O)[Si](=O)[Si](=O)[Si](=O)[Si](=O)[Si](=O)[Si](=O)[Si](=O)[Si](=O)[Si](=O)[Si](=O)[Si](=O)[Si](=O)[Si](=O)[Si](=O)[Si](=O)[Si](=O)[Si](=O)[Si](=O)[Si](=O)[Si](=O)[Si](=O)[Si](=O)[Si](=O)[Si](=O)[SiH2]O[Si](C)(C)C.O=[Si]=O. The zero-order valence-corrected chi connectivity index (χ0v) is 87.6. The van der Waals surface area contributed by atoms with Crippen molar-refractivity contribution in [1.82, 2.24) is 0 Å². The van der Waals surface area contributed by atoms with Crippen molar-refractivity contribution in [3.05, 3.63) is 0 Å². The predicted octanol–water partition coefficient (Wildman–Crippen LogP) is -17.5. The molecule has 0 saturated carbocycles. The van der Waals surface area contributed by atoms with E-state index in [1.165, 1.54) is 6.55 Å². The van der Waals surface area contributed by atoms with Gasteiger partial charge in [-0.3, -0.25) is 8.92 Å². The summed E-state index contributed by atoms with van der Waals surface area (Å²) in [5.74, 6) is 0. The van der Waals surface area contributed by atoms with Gasteiger partial charge in [-0.05, 0) is 45.8 Å². The largest absolute Gasteiger partial charge is 0.549 e. The third kappa shape index (κ3) is 27.1. The highest BCUT2D eigenvalue weighted by atomic mass is 30.2. The van der Waals surface area contributed by atoms with E-state index < -0.39 is 329 Å². The molecule has 0 aliphatic heterocycles. The van der Waals surface area contributed by atoms with Crippen molar-refractivity contribution in [1.29, 1.82) is 0 Å². The van der Waals surface area contributed by atoms with Gasteiger partial charge in [-0.1, -0.05) is 0 Å². The third-order valence-electron chi connectivity index (χ3n) is 9.02. The minimum atomic E-state index is -4.82. The van der Waals surface area contributed by atoms with Crippen molar-refractivity contribution in [3.8, 4) is 0 Å². The molecule has 0 aromatic rings. The first-order valence-electron chi connectivity index (χ1n) is 22.1. The van der Waals surface area contributed by atoms with Crippen LogP contribution in [0.15, 0.2) is 0 Å². The van der Waals surface area contributed by atoms with Crippen LogP contribution in [0.3, 0.4) is 0 Å². The van der Waals surface area contributed by atoms with Gasteiger partial charge in [0.2, 0.25) is 17.8 Å². The first-order chi connectivity index (χ1) is 40.7. The summed E-state index contributed by atoms with van der Waals surface area (Å²) in [6.45, 7) is 11.2. The number of hydrogen-bond acceptors (Lipinski definition) is 41. The molecule has 466 valence electrons. The standard InChI is InChI=1S/C7H24O39Si41.O2Si/c1-48(46-87(5,6)7)50(9)52(11)54(13)56(15)58(17)60(19)62(21)64(23)66(25)68(27)70(29)72(31)74(33)76(35)78(37)80(39)82(41)84(43)85(44)83(42)81(40)79(38)77(36)75(34)73(32)71(30)69(28)67(26)65(24)63(22)61(20)59(18)57(16)55(14)53(12)51(10)49(8)47-45-86(2,3)4;1-3-2/h48H,47H2,1-7H3;. The zero-order chi connectivity index (χ0) is 71.8. The highest BCUT2D eigenvalue weighted by Gasteiger charge is 2.60. The Balaban J connectivity index is 0. The molecule has 0 aromatic carbocycles. The Bertz CT molecular complexity index is 3850. The van der Waals surface area contributed by atoms with Crippen molar-refractivity contribution in [2.45, 2.75) is 45.8 Å². The van der Waals surface area contributed by atoms with Crippen LogP contribution >= 0.6 is 0 Å². The van der Waals surface area contributed by atoms with Crippen LogP contribution in [0.1, 0.15) is 0 Å². The molecular formula is C7H24O41Si42. The van der Waals surface area contributed by atoms with Gasteiger partial charge in [0.25, 0.3) is 0 Å². The molecule has 0 aromatic heterocycles. The molecule has 83 heteroatoms. The minimum absolute atomic E-state index is 1.32.